The molecule has 0 unspecified atom stereocenters. The number of anilines is 2. The Morgan fingerprint density at radius 1 is 0.844 bits per heavy atom. The second kappa shape index (κ2) is 8.63. The maximum absolute atomic E-state index is 13.8. The number of carbonyl (C=O) groups excluding carboxylic acids is 2. The van der Waals surface area contributed by atoms with Crippen molar-refractivity contribution in [3.8, 4) is 5.75 Å². The van der Waals surface area contributed by atoms with Crippen LogP contribution in [0.25, 0.3) is 5.57 Å². The molecule has 0 bridgehead atoms. The molecule has 162 valence electrons. The minimum absolute atomic E-state index is 0.0356. The number of ether oxygens (including phenoxy) is 1. The standard InChI is InChI=1S/C25H20F2N2O3/c1-15(2)32-21-11-7-6-10-20(21)29-24(30)22(16-8-4-3-5-9-16)23(25(29)31)28-17-12-13-18(26)19(27)14-17/h3-15,28H,1-2H3. The minimum Gasteiger partial charge on any atom is -0.489 e. The van der Waals surface area contributed by atoms with E-state index in [0.717, 1.165) is 17.0 Å². The van der Waals surface area contributed by atoms with E-state index in [0.29, 0.717) is 17.0 Å². The molecule has 0 radical (unpaired) electrons. The van der Waals surface area contributed by atoms with Gasteiger partial charge in [-0.05, 0) is 43.7 Å². The average molecular weight is 434 g/mol. The molecule has 3 aromatic rings. The van der Waals surface area contributed by atoms with Crippen molar-refractivity contribution < 1.29 is 23.1 Å². The number of hydrogen-bond acceptors (Lipinski definition) is 4. The lowest BCUT2D eigenvalue weighted by atomic mass is 10.0. The largest absolute Gasteiger partial charge is 0.489 e. The van der Waals surface area contributed by atoms with Crippen LogP contribution >= 0.6 is 0 Å². The summed E-state index contributed by atoms with van der Waals surface area (Å²) in [4.78, 5) is 28.0. The molecule has 3 aromatic carbocycles. The van der Waals surface area contributed by atoms with E-state index in [1.54, 1.807) is 54.6 Å². The Morgan fingerprint density at radius 3 is 2.22 bits per heavy atom. The lowest BCUT2D eigenvalue weighted by Crippen LogP contribution is -2.33. The van der Waals surface area contributed by atoms with Gasteiger partial charge in [0, 0.05) is 11.8 Å². The summed E-state index contributed by atoms with van der Waals surface area (Å²) < 4.78 is 32.9. The zero-order valence-electron chi connectivity index (χ0n) is 17.4. The molecular formula is C25H20F2N2O3. The average Bonchev–Trinajstić information content (AvgIpc) is 3.01. The van der Waals surface area contributed by atoms with E-state index in [4.69, 9.17) is 4.74 Å². The Morgan fingerprint density at radius 2 is 1.53 bits per heavy atom. The van der Waals surface area contributed by atoms with Crippen molar-refractivity contribution in [3.05, 3.63) is 95.7 Å². The molecule has 32 heavy (non-hydrogen) atoms. The highest BCUT2D eigenvalue weighted by molar-refractivity contribution is 6.46. The van der Waals surface area contributed by atoms with Crippen LogP contribution in [0.3, 0.4) is 0 Å². The van der Waals surface area contributed by atoms with E-state index < -0.39 is 23.4 Å². The van der Waals surface area contributed by atoms with Crippen LogP contribution in [0.1, 0.15) is 19.4 Å². The van der Waals surface area contributed by atoms with Crippen molar-refractivity contribution in [2.24, 2.45) is 0 Å². The summed E-state index contributed by atoms with van der Waals surface area (Å²) in [6.07, 6.45) is -0.176. The summed E-state index contributed by atoms with van der Waals surface area (Å²) in [6.45, 7) is 3.68. The number of amides is 2. The lowest BCUT2D eigenvalue weighted by Gasteiger charge is -2.20. The first-order valence-corrected chi connectivity index (χ1v) is 10.0. The fourth-order valence-corrected chi connectivity index (χ4v) is 3.45. The number of nitrogens with one attached hydrogen (secondary N) is 1. The smallest absolute Gasteiger partial charge is 0.282 e. The maximum Gasteiger partial charge on any atom is 0.282 e. The topological polar surface area (TPSA) is 58.6 Å². The van der Waals surface area contributed by atoms with Crippen LogP contribution in [0.4, 0.5) is 20.2 Å². The number of carbonyl (C=O) groups is 2. The zero-order chi connectivity index (χ0) is 22.8. The molecule has 4 rings (SSSR count). The third-order valence-corrected chi connectivity index (χ3v) is 4.80. The van der Waals surface area contributed by atoms with Crippen molar-refractivity contribution >= 4 is 28.8 Å². The molecule has 7 heteroatoms. The molecule has 0 saturated heterocycles. The summed E-state index contributed by atoms with van der Waals surface area (Å²) in [7, 11) is 0. The Hall–Kier alpha value is -4.00. The fraction of sp³-hybridized carbons (Fsp3) is 0.120. The van der Waals surface area contributed by atoms with Gasteiger partial charge in [-0.15, -0.1) is 0 Å². The highest BCUT2D eigenvalue weighted by Gasteiger charge is 2.41. The van der Waals surface area contributed by atoms with Crippen LogP contribution in [-0.2, 0) is 9.59 Å². The summed E-state index contributed by atoms with van der Waals surface area (Å²) >= 11 is 0. The zero-order valence-corrected chi connectivity index (χ0v) is 17.4. The third kappa shape index (κ3) is 3.97. The number of para-hydroxylation sites is 2. The van der Waals surface area contributed by atoms with Crippen LogP contribution in [-0.4, -0.2) is 17.9 Å². The first-order valence-electron chi connectivity index (χ1n) is 10.0. The molecule has 1 N–H and O–H groups in total. The van der Waals surface area contributed by atoms with Crippen molar-refractivity contribution in [2.75, 3.05) is 10.2 Å². The summed E-state index contributed by atoms with van der Waals surface area (Å²) in [5.41, 5.74) is 1.04. The molecular weight excluding hydrogens is 414 g/mol. The number of rotatable bonds is 6. The van der Waals surface area contributed by atoms with E-state index in [1.807, 2.05) is 13.8 Å². The van der Waals surface area contributed by atoms with Crippen molar-refractivity contribution in [3.63, 3.8) is 0 Å². The van der Waals surface area contributed by atoms with Gasteiger partial charge in [0.25, 0.3) is 11.8 Å². The second-order valence-corrected chi connectivity index (χ2v) is 7.45. The SMILES string of the molecule is CC(C)Oc1ccccc1N1C(=O)C(Nc2ccc(F)c(F)c2)=C(c2ccccc2)C1=O. The third-order valence-electron chi connectivity index (χ3n) is 4.80. The van der Waals surface area contributed by atoms with E-state index in [2.05, 4.69) is 5.32 Å². The van der Waals surface area contributed by atoms with E-state index in [-0.39, 0.29) is 23.1 Å². The Balaban J connectivity index is 1.82. The van der Waals surface area contributed by atoms with Gasteiger partial charge in [0.15, 0.2) is 11.6 Å². The van der Waals surface area contributed by atoms with Crippen molar-refractivity contribution in [1.82, 2.24) is 0 Å². The van der Waals surface area contributed by atoms with Crippen molar-refractivity contribution in [1.29, 1.82) is 0 Å². The van der Waals surface area contributed by atoms with Crippen molar-refractivity contribution in [2.45, 2.75) is 20.0 Å². The minimum atomic E-state index is -1.07. The first-order chi connectivity index (χ1) is 15.4. The number of hydrogen-bond donors (Lipinski definition) is 1. The second-order valence-electron chi connectivity index (χ2n) is 7.45. The van der Waals surface area contributed by atoms with Gasteiger partial charge in [0.05, 0.1) is 17.4 Å². The maximum atomic E-state index is 13.8. The molecule has 1 aliphatic heterocycles. The van der Waals surface area contributed by atoms with Gasteiger partial charge < -0.3 is 10.1 Å². The Kier molecular flexibility index (Phi) is 5.73. The highest BCUT2D eigenvalue weighted by atomic mass is 19.2. The Bertz CT molecular complexity index is 1220. The van der Waals surface area contributed by atoms with E-state index in [1.165, 1.54) is 6.07 Å². The molecule has 5 nitrogen and oxygen atoms in total. The number of imide groups is 1. The quantitative estimate of drug-likeness (QED) is 0.546. The lowest BCUT2D eigenvalue weighted by molar-refractivity contribution is -0.120. The molecule has 0 spiro atoms. The first kappa shape index (κ1) is 21.2. The molecule has 0 aliphatic carbocycles. The normalized spacial score (nSPS) is 13.8. The van der Waals surface area contributed by atoms with Gasteiger partial charge in [-0.25, -0.2) is 13.7 Å². The number of halogens is 2. The molecule has 0 aromatic heterocycles. The highest BCUT2D eigenvalue weighted by Crippen LogP contribution is 2.38. The van der Waals surface area contributed by atoms with Crippen LogP contribution in [0.5, 0.6) is 5.75 Å². The number of benzene rings is 3. The summed E-state index contributed by atoms with van der Waals surface area (Å²) in [6, 6.07) is 18.6. The predicted molar refractivity (Wildman–Crippen MR) is 118 cm³/mol. The molecule has 1 heterocycles. The van der Waals surface area contributed by atoms with E-state index in [9.17, 15) is 18.4 Å². The van der Waals surface area contributed by atoms with Gasteiger partial charge in [0.1, 0.15) is 11.4 Å². The molecule has 1 aliphatic rings. The molecule has 0 atom stereocenters. The van der Waals surface area contributed by atoms with Gasteiger partial charge >= 0.3 is 0 Å². The van der Waals surface area contributed by atoms with Crippen LogP contribution in [0.2, 0.25) is 0 Å². The van der Waals surface area contributed by atoms with E-state index >= 15 is 0 Å². The van der Waals surface area contributed by atoms with Gasteiger partial charge in [0.2, 0.25) is 0 Å². The number of nitrogens with zero attached hydrogens (tertiary/aromatic N) is 1. The molecule has 0 saturated carbocycles. The van der Waals surface area contributed by atoms with Crippen LogP contribution in [0, 0.1) is 11.6 Å². The van der Waals surface area contributed by atoms with Crippen LogP contribution < -0.4 is 15.0 Å². The Labute approximate surface area is 183 Å². The van der Waals surface area contributed by atoms with Gasteiger partial charge in [-0.1, -0.05) is 42.5 Å². The fourth-order valence-electron chi connectivity index (χ4n) is 3.45. The van der Waals surface area contributed by atoms with Gasteiger partial charge in [-0.3, -0.25) is 9.59 Å². The van der Waals surface area contributed by atoms with Gasteiger partial charge in [-0.2, -0.15) is 0 Å². The summed E-state index contributed by atoms with van der Waals surface area (Å²) in [5, 5.41) is 2.82. The van der Waals surface area contributed by atoms with Crippen LogP contribution in [0.15, 0.2) is 78.5 Å². The predicted octanol–water partition coefficient (Wildman–Crippen LogP) is 5.15. The molecule has 0 fully saturated rings. The summed E-state index contributed by atoms with van der Waals surface area (Å²) in [5.74, 6) is -2.88. The molecule has 2 amide bonds. The monoisotopic (exact) mass is 434 g/mol.